The van der Waals surface area contributed by atoms with E-state index in [1.807, 2.05) is 11.3 Å². The second kappa shape index (κ2) is 26.0. The molecule has 0 radical (unpaired) electrons. The predicted octanol–water partition coefficient (Wildman–Crippen LogP) is 30.2. The predicted molar refractivity (Wildman–Crippen MR) is 487 cm³/mol. The lowest BCUT2D eigenvalue weighted by atomic mass is 9.87. The Morgan fingerprint density at radius 2 is 0.826 bits per heavy atom. The summed E-state index contributed by atoms with van der Waals surface area (Å²) in [6.07, 6.45) is 11.9. The molecular weight excluding hydrogens is 1410 g/mol. The molecule has 2 aliphatic carbocycles. The Morgan fingerprint density at radius 3 is 1.50 bits per heavy atom. The molecule has 0 saturated heterocycles. The van der Waals surface area contributed by atoms with E-state index < -0.39 is 0 Å². The van der Waals surface area contributed by atoms with Crippen LogP contribution in [0.25, 0.3) is 215 Å². The summed E-state index contributed by atoms with van der Waals surface area (Å²) in [4.78, 5) is 1.45. The third kappa shape index (κ3) is 10.2. The van der Waals surface area contributed by atoms with Gasteiger partial charge in [0.15, 0.2) is 0 Å². The van der Waals surface area contributed by atoms with Gasteiger partial charge in [0.1, 0.15) is 11.2 Å². The van der Waals surface area contributed by atoms with Gasteiger partial charge < -0.3 is 22.7 Å². The zero-order valence-electron chi connectivity index (χ0n) is 63.3. The molecule has 22 aromatic rings. The number of hydrogen-bond donors (Lipinski definition) is 0. The first kappa shape index (κ1) is 65.7. The number of allylic oxidation sites excluding steroid dienone is 3. The van der Waals surface area contributed by atoms with E-state index in [0.717, 1.165) is 103 Å². The number of benzene rings is 16. The standard InChI is InChI=1S/C109H74N4OS/c1-67-57-104-93(92-60-73(49-56-103(92)115-104)72-47-53-99-89(58-72)84-41-22-25-46-98(84)110(99)77-35-16-6-17-36-77)66-100(67)113-106-81(68-27-8-2-9-28-68)42-26-43-85(106)95-64-76(63-88(108(95)113)70-31-12-4-13-32-70)80-51-52-86-94-62-75(61-87(69-29-10-3-11-30-69)107(94)112(78-37-18-7-19-38-78)109(86)105(80)71-33-14-5-15-34-71)74-48-54-101-90(59-74)91-65-79(50-55-102(91)114-101)111-96-44-23-20-39-82(96)83-40-21-24-45-97(83)111/h3-8,10-27,29-56,58-68H,2,9,28,57H2,1H3. The highest BCUT2D eigenvalue weighted by atomic mass is 32.1. The fraction of sp³-hybridized carbons (Fsp3) is 0.0642. The minimum atomic E-state index is 0.203. The van der Waals surface area contributed by atoms with Gasteiger partial charge in [0.25, 0.3) is 0 Å². The molecule has 0 fully saturated rings. The van der Waals surface area contributed by atoms with Crippen LogP contribution in [0.1, 0.15) is 48.1 Å². The maximum atomic E-state index is 6.75. The van der Waals surface area contributed by atoms with E-state index in [4.69, 9.17) is 4.42 Å². The summed E-state index contributed by atoms with van der Waals surface area (Å²) in [6, 6.07) is 132. The molecule has 542 valence electrons. The number of thiophene rings is 1. The van der Waals surface area contributed by atoms with Crippen molar-refractivity contribution >= 4 is 142 Å². The molecule has 2 aliphatic rings. The molecule has 0 amide bonds. The first-order valence-corrected chi connectivity index (χ1v) is 41.2. The van der Waals surface area contributed by atoms with Crippen LogP contribution in [-0.4, -0.2) is 18.3 Å². The van der Waals surface area contributed by atoms with Crippen molar-refractivity contribution < 1.29 is 4.42 Å². The molecule has 0 spiro atoms. The highest BCUT2D eigenvalue weighted by Crippen LogP contribution is 2.53. The molecule has 6 aromatic heterocycles. The molecule has 0 N–H and O–H groups in total. The number of fused-ring (bicyclic) bond motifs is 18. The van der Waals surface area contributed by atoms with E-state index in [1.165, 1.54) is 147 Å². The molecule has 115 heavy (non-hydrogen) atoms. The molecule has 2 unspecified atom stereocenters. The quantitative estimate of drug-likeness (QED) is 0.119. The topological polar surface area (TPSA) is 32.9 Å². The SMILES string of the molecule is CC1Cc2sc3ccc(-c4ccc5c(c4)c4ccccc4n5-c4ccccc4)cc3c2C=C1n1c2c(-c3ccccc3)cc(-c3ccc4c5cc(-c6ccc7oc8ccc(-n9c%10ccccc%10c%10ccccc%109)cc8c7c6)cc(-c6ccccc6)c5n(-c5ccccc5)c4c3-c3ccccc3)cc2c2cccc(C3C=CCCC3)c21. The highest BCUT2D eigenvalue weighted by molar-refractivity contribution is 7.19. The smallest absolute Gasteiger partial charge is 0.135 e. The van der Waals surface area contributed by atoms with Crippen molar-refractivity contribution in [2.24, 2.45) is 5.92 Å². The summed E-state index contributed by atoms with van der Waals surface area (Å²) in [6.45, 7) is 2.48. The number of para-hydroxylation sites is 6. The second-order valence-corrected chi connectivity index (χ2v) is 32.8. The fourth-order valence-corrected chi connectivity index (χ4v) is 21.3. The summed E-state index contributed by atoms with van der Waals surface area (Å²) in [5.74, 6) is 0.474. The van der Waals surface area contributed by atoms with Crippen LogP contribution < -0.4 is 0 Å². The largest absolute Gasteiger partial charge is 0.456 e. The average Bonchev–Trinajstić information content (AvgIpc) is 1.55. The summed E-state index contributed by atoms with van der Waals surface area (Å²) in [5.41, 5.74) is 32.8. The van der Waals surface area contributed by atoms with Crippen LogP contribution in [0.2, 0.25) is 0 Å². The third-order valence-electron chi connectivity index (χ3n) is 25.1. The summed E-state index contributed by atoms with van der Waals surface area (Å²) >= 11 is 1.97. The number of aromatic nitrogens is 4. The summed E-state index contributed by atoms with van der Waals surface area (Å²) in [5, 5.41) is 13.3. The van der Waals surface area contributed by atoms with E-state index in [1.54, 1.807) is 0 Å². The Morgan fingerprint density at radius 1 is 0.322 bits per heavy atom. The fourth-order valence-electron chi connectivity index (χ4n) is 20.0. The molecule has 6 heterocycles. The van der Waals surface area contributed by atoms with Crippen LogP contribution in [0.3, 0.4) is 0 Å². The lowest BCUT2D eigenvalue weighted by Crippen LogP contribution is -2.14. The zero-order valence-corrected chi connectivity index (χ0v) is 64.1. The Labute approximate surface area is 668 Å². The number of furan rings is 1. The van der Waals surface area contributed by atoms with E-state index in [0.29, 0.717) is 0 Å². The molecule has 16 aromatic carbocycles. The Balaban J connectivity index is 0.727. The van der Waals surface area contributed by atoms with Gasteiger partial charge in [-0.3, -0.25) is 0 Å². The van der Waals surface area contributed by atoms with Gasteiger partial charge in [-0.15, -0.1) is 11.3 Å². The van der Waals surface area contributed by atoms with Crippen molar-refractivity contribution in [3.63, 3.8) is 0 Å². The van der Waals surface area contributed by atoms with Crippen LogP contribution in [0.4, 0.5) is 0 Å². The van der Waals surface area contributed by atoms with E-state index >= 15 is 0 Å². The van der Waals surface area contributed by atoms with Gasteiger partial charge in [0, 0.05) is 120 Å². The molecule has 5 nitrogen and oxygen atoms in total. The van der Waals surface area contributed by atoms with Crippen molar-refractivity contribution in [2.75, 3.05) is 0 Å². The van der Waals surface area contributed by atoms with Crippen LogP contribution in [-0.2, 0) is 6.42 Å². The zero-order chi connectivity index (χ0) is 75.5. The van der Waals surface area contributed by atoms with Gasteiger partial charge >= 0.3 is 0 Å². The Bertz CT molecular complexity index is 7780. The first-order valence-electron chi connectivity index (χ1n) is 40.4. The first-order chi connectivity index (χ1) is 57.0. The molecule has 24 rings (SSSR count). The normalized spacial score (nSPS) is 14.5. The Kier molecular flexibility index (Phi) is 14.9. The van der Waals surface area contributed by atoms with Gasteiger partial charge in [-0.05, 0) is 214 Å². The number of rotatable bonds is 11. The van der Waals surface area contributed by atoms with Gasteiger partial charge in [-0.2, -0.15) is 0 Å². The van der Waals surface area contributed by atoms with Crippen LogP contribution in [0, 0.1) is 5.92 Å². The van der Waals surface area contributed by atoms with Crippen LogP contribution >= 0.6 is 11.3 Å². The van der Waals surface area contributed by atoms with Gasteiger partial charge in [0.05, 0.1) is 44.1 Å². The van der Waals surface area contributed by atoms with Crippen molar-refractivity contribution in [3.8, 4) is 83.8 Å². The van der Waals surface area contributed by atoms with E-state index in [2.05, 4.69) is 395 Å². The molecule has 6 heteroatoms. The lowest BCUT2D eigenvalue weighted by Gasteiger charge is -2.26. The third-order valence-corrected chi connectivity index (χ3v) is 26.4. The second-order valence-electron chi connectivity index (χ2n) is 31.6. The summed E-state index contributed by atoms with van der Waals surface area (Å²) in [7, 11) is 0. The van der Waals surface area contributed by atoms with Crippen LogP contribution in [0.5, 0.6) is 0 Å². The van der Waals surface area contributed by atoms with Crippen molar-refractivity contribution in [1.82, 2.24) is 18.3 Å². The average molecular weight is 1490 g/mol. The van der Waals surface area contributed by atoms with E-state index in [9.17, 15) is 0 Å². The molecule has 0 saturated carbocycles. The lowest BCUT2D eigenvalue weighted by molar-refractivity contribution is 0.655. The minimum Gasteiger partial charge on any atom is -0.456 e. The van der Waals surface area contributed by atoms with Crippen molar-refractivity contribution in [2.45, 2.75) is 38.5 Å². The van der Waals surface area contributed by atoms with Gasteiger partial charge in [-0.25, -0.2) is 0 Å². The van der Waals surface area contributed by atoms with Gasteiger partial charge in [0.2, 0.25) is 0 Å². The summed E-state index contributed by atoms with van der Waals surface area (Å²) < 4.78 is 18.2. The van der Waals surface area contributed by atoms with E-state index in [-0.39, 0.29) is 11.8 Å². The minimum absolute atomic E-state index is 0.203. The number of hydrogen-bond acceptors (Lipinski definition) is 2. The maximum Gasteiger partial charge on any atom is 0.135 e. The van der Waals surface area contributed by atoms with Crippen LogP contribution in [0.15, 0.2) is 368 Å². The molecule has 2 atom stereocenters. The van der Waals surface area contributed by atoms with Crippen molar-refractivity contribution in [1.29, 1.82) is 0 Å². The monoisotopic (exact) mass is 1490 g/mol. The molecule has 0 bridgehead atoms. The number of nitrogens with zero attached hydrogens (tertiary/aromatic N) is 4. The van der Waals surface area contributed by atoms with Gasteiger partial charge in [-0.1, -0.05) is 250 Å². The highest BCUT2D eigenvalue weighted by Gasteiger charge is 2.32. The maximum absolute atomic E-state index is 6.75. The molecular formula is C109H74N4OS. The Hall–Kier alpha value is -14.0. The molecule has 0 aliphatic heterocycles. The van der Waals surface area contributed by atoms with Crippen molar-refractivity contribution in [3.05, 3.63) is 380 Å².